The molecule has 180 valence electrons. The van der Waals surface area contributed by atoms with Gasteiger partial charge in [0.15, 0.2) is 0 Å². The molecule has 4 rings (SSSR count). The summed E-state index contributed by atoms with van der Waals surface area (Å²) in [6, 6.07) is 13.4. The average Bonchev–Trinajstić information content (AvgIpc) is 3.45. The topological polar surface area (TPSA) is 85.3 Å². The number of nitrogens with zero attached hydrogens (tertiary/aromatic N) is 1. The number of amides is 1. The number of rotatable bonds is 8. The van der Waals surface area contributed by atoms with E-state index >= 15 is 0 Å². The van der Waals surface area contributed by atoms with Crippen molar-refractivity contribution < 1.29 is 28.9 Å². The quantitative estimate of drug-likeness (QED) is 0.355. The molecule has 0 radical (unpaired) electrons. The maximum atomic E-state index is 13.3. The van der Waals surface area contributed by atoms with Crippen molar-refractivity contribution in [1.29, 1.82) is 0 Å². The predicted molar refractivity (Wildman–Crippen MR) is 128 cm³/mol. The van der Waals surface area contributed by atoms with Crippen molar-refractivity contribution in [3.63, 3.8) is 0 Å². The minimum atomic E-state index is -0.791. The van der Waals surface area contributed by atoms with Crippen molar-refractivity contribution in [2.45, 2.75) is 38.8 Å². The number of likely N-dealkylation sites (tertiary alicyclic amines) is 1. The van der Waals surface area contributed by atoms with Gasteiger partial charge in [-0.25, -0.2) is 0 Å². The van der Waals surface area contributed by atoms with E-state index in [-0.39, 0.29) is 24.0 Å². The number of hydrogen-bond donors (Lipinski definition) is 1. The number of carbonyl (C=O) groups excluding carboxylic acids is 2. The summed E-state index contributed by atoms with van der Waals surface area (Å²) in [6.07, 6.45) is 1.58. The van der Waals surface area contributed by atoms with Crippen LogP contribution in [0.4, 0.5) is 0 Å². The highest BCUT2D eigenvalue weighted by Gasteiger charge is 2.48. The van der Waals surface area contributed by atoms with Gasteiger partial charge in [0.05, 0.1) is 31.4 Å². The fraction of sp³-hybridized carbons (Fsp3) is 0.407. The smallest absolute Gasteiger partial charge is 0.295 e. The minimum absolute atomic E-state index is 0.0357. The lowest BCUT2D eigenvalue weighted by atomic mass is 9.94. The first-order valence-electron chi connectivity index (χ1n) is 11.7. The fourth-order valence-corrected chi connectivity index (χ4v) is 4.44. The third kappa shape index (κ3) is 4.80. The van der Waals surface area contributed by atoms with Gasteiger partial charge in [0.1, 0.15) is 17.3 Å². The van der Waals surface area contributed by atoms with Crippen molar-refractivity contribution in [1.82, 2.24) is 4.90 Å². The van der Waals surface area contributed by atoms with Gasteiger partial charge in [-0.2, -0.15) is 0 Å². The molecular weight excluding hydrogens is 434 g/mol. The van der Waals surface area contributed by atoms with Crippen LogP contribution in [0.1, 0.15) is 43.9 Å². The van der Waals surface area contributed by atoms with Gasteiger partial charge in [-0.05, 0) is 37.0 Å². The van der Waals surface area contributed by atoms with Crippen LogP contribution in [0, 0.1) is 5.92 Å². The van der Waals surface area contributed by atoms with Gasteiger partial charge >= 0.3 is 0 Å². The molecule has 7 nitrogen and oxygen atoms in total. The Bertz CT molecular complexity index is 1090. The molecule has 2 unspecified atom stereocenters. The first kappa shape index (κ1) is 23.8. The van der Waals surface area contributed by atoms with E-state index in [0.29, 0.717) is 41.8 Å². The van der Waals surface area contributed by atoms with Crippen LogP contribution in [0.2, 0.25) is 0 Å². The minimum Gasteiger partial charge on any atom is -0.507 e. The van der Waals surface area contributed by atoms with Gasteiger partial charge < -0.3 is 24.2 Å². The molecule has 2 aromatic carbocycles. The molecule has 7 heteroatoms. The molecular formula is C27H31NO6. The van der Waals surface area contributed by atoms with Crippen LogP contribution < -0.4 is 9.47 Å². The Kier molecular flexibility index (Phi) is 7.22. The number of ether oxygens (including phenoxy) is 3. The van der Waals surface area contributed by atoms with Crippen molar-refractivity contribution in [3.8, 4) is 11.5 Å². The van der Waals surface area contributed by atoms with E-state index in [4.69, 9.17) is 14.2 Å². The SMILES string of the molecule is COc1ccccc1C1/C(=C(/O)c2cccc(OCC(C)C)c2)C(=O)C(=O)N1CC1CCCO1. The molecule has 2 aliphatic heterocycles. The first-order valence-corrected chi connectivity index (χ1v) is 11.7. The third-order valence-electron chi connectivity index (χ3n) is 6.09. The lowest BCUT2D eigenvalue weighted by molar-refractivity contribution is -0.140. The van der Waals surface area contributed by atoms with Gasteiger partial charge in [-0.15, -0.1) is 0 Å². The number of methoxy groups -OCH3 is 1. The Morgan fingerprint density at radius 1 is 1.18 bits per heavy atom. The first-order chi connectivity index (χ1) is 16.4. The molecule has 34 heavy (non-hydrogen) atoms. The Balaban J connectivity index is 1.80. The molecule has 0 bridgehead atoms. The van der Waals surface area contributed by atoms with Gasteiger partial charge in [-0.1, -0.05) is 44.2 Å². The molecule has 2 aliphatic rings. The number of hydrogen-bond acceptors (Lipinski definition) is 6. The van der Waals surface area contributed by atoms with E-state index in [9.17, 15) is 14.7 Å². The standard InChI is InChI=1S/C27H31NO6/c1-17(2)16-34-19-9-6-8-18(14-19)25(29)23-24(21-11-4-5-12-22(21)32-3)28(27(31)26(23)30)15-20-10-7-13-33-20/h4-6,8-9,11-12,14,17,20,24,29H,7,10,13,15-16H2,1-3H3/b25-23-. The monoisotopic (exact) mass is 465 g/mol. The van der Waals surface area contributed by atoms with E-state index in [1.54, 1.807) is 37.4 Å². The summed E-state index contributed by atoms with van der Waals surface area (Å²) in [5, 5.41) is 11.3. The number of carbonyl (C=O) groups is 2. The second-order valence-electron chi connectivity index (χ2n) is 9.06. The zero-order valence-corrected chi connectivity index (χ0v) is 19.8. The maximum absolute atomic E-state index is 13.3. The van der Waals surface area contributed by atoms with Crippen molar-refractivity contribution in [2.75, 3.05) is 26.9 Å². The van der Waals surface area contributed by atoms with Crippen LogP contribution in [-0.4, -0.2) is 54.7 Å². The Morgan fingerprint density at radius 2 is 1.97 bits per heavy atom. The normalized spacial score (nSPS) is 21.9. The summed E-state index contributed by atoms with van der Waals surface area (Å²) in [5.41, 5.74) is 1.08. The van der Waals surface area contributed by atoms with Crippen LogP contribution in [0.5, 0.6) is 11.5 Å². The van der Waals surface area contributed by atoms with E-state index in [2.05, 4.69) is 0 Å². The number of Topliss-reactive ketones (excluding diaryl/α,β-unsaturated/α-hetero) is 1. The van der Waals surface area contributed by atoms with Crippen molar-refractivity contribution in [2.24, 2.45) is 5.92 Å². The summed E-state index contributed by atoms with van der Waals surface area (Å²) in [7, 11) is 1.54. The van der Waals surface area contributed by atoms with Gasteiger partial charge in [0, 0.05) is 24.3 Å². The number of para-hydroxylation sites is 1. The second-order valence-corrected chi connectivity index (χ2v) is 9.06. The van der Waals surface area contributed by atoms with Gasteiger partial charge in [0.2, 0.25) is 0 Å². The van der Waals surface area contributed by atoms with Crippen LogP contribution >= 0.6 is 0 Å². The zero-order valence-electron chi connectivity index (χ0n) is 19.8. The summed E-state index contributed by atoms with van der Waals surface area (Å²) in [6.45, 7) is 5.52. The largest absolute Gasteiger partial charge is 0.507 e. The van der Waals surface area contributed by atoms with Crippen molar-refractivity contribution >= 4 is 17.4 Å². The number of aliphatic hydroxyl groups excluding tert-OH is 1. The van der Waals surface area contributed by atoms with E-state index < -0.39 is 17.7 Å². The number of ketones is 1. The summed E-state index contributed by atoms with van der Waals surface area (Å²) in [5.74, 6) is -0.156. The second kappa shape index (κ2) is 10.3. The van der Waals surface area contributed by atoms with Gasteiger partial charge in [0.25, 0.3) is 11.7 Å². The summed E-state index contributed by atoms with van der Waals surface area (Å²) < 4.78 is 17.1. The molecule has 2 heterocycles. The molecule has 2 atom stereocenters. The van der Waals surface area contributed by atoms with E-state index in [1.165, 1.54) is 4.90 Å². The highest BCUT2D eigenvalue weighted by atomic mass is 16.5. The molecule has 1 amide bonds. The molecule has 0 aromatic heterocycles. The number of benzene rings is 2. The Hall–Kier alpha value is -3.32. The summed E-state index contributed by atoms with van der Waals surface area (Å²) >= 11 is 0. The molecule has 2 fully saturated rings. The van der Waals surface area contributed by atoms with Crippen molar-refractivity contribution in [3.05, 3.63) is 65.2 Å². The lowest BCUT2D eigenvalue weighted by Gasteiger charge is -2.28. The molecule has 0 spiro atoms. The molecule has 1 N–H and O–H groups in total. The Labute approximate surface area is 199 Å². The summed E-state index contributed by atoms with van der Waals surface area (Å²) in [4.78, 5) is 27.9. The predicted octanol–water partition coefficient (Wildman–Crippen LogP) is 4.33. The van der Waals surface area contributed by atoms with Crippen LogP contribution in [0.25, 0.3) is 5.76 Å². The highest BCUT2D eigenvalue weighted by Crippen LogP contribution is 2.43. The fourth-order valence-electron chi connectivity index (χ4n) is 4.44. The third-order valence-corrected chi connectivity index (χ3v) is 6.09. The molecule has 2 aromatic rings. The molecule has 2 saturated heterocycles. The average molecular weight is 466 g/mol. The number of aliphatic hydroxyl groups is 1. The zero-order chi connectivity index (χ0) is 24.2. The lowest BCUT2D eigenvalue weighted by Crippen LogP contribution is -2.36. The van der Waals surface area contributed by atoms with Crippen LogP contribution in [0.15, 0.2) is 54.1 Å². The molecule has 0 saturated carbocycles. The van der Waals surface area contributed by atoms with E-state index in [1.807, 2.05) is 32.0 Å². The van der Waals surface area contributed by atoms with Gasteiger partial charge in [-0.3, -0.25) is 9.59 Å². The van der Waals surface area contributed by atoms with Crippen LogP contribution in [0.3, 0.4) is 0 Å². The van der Waals surface area contributed by atoms with Crippen LogP contribution in [-0.2, 0) is 14.3 Å². The Morgan fingerprint density at radius 3 is 2.68 bits per heavy atom. The van der Waals surface area contributed by atoms with E-state index in [0.717, 1.165) is 12.8 Å². The maximum Gasteiger partial charge on any atom is 0.295 e. The molecule has 0 aliphatic carbocycles. The highest BCUT2D eigenvalue weighted by molar-refractivity contribution is 6.46.